The second-order valence-electron chi connectivity index (χ2n) is 4.14. The average molecular weight is 262 g/mol. The van der Waals surface area contributed by atoms with Crippen LogP contribution in [0, 0.1) is 6.92 Å². The lowest BCUT2D eigenvalue weighted by molar-refractivity contribution is 0.256. The first-order valence-corrected chi connectivity index (χ1v) is 6.49. The predicted octanol–water partition coefficient (Wildman–Crippen LogP) is 2.27. The maximum atomic E-state index is 11.9. The van der Waals surface area contributed by atoms with Gasteiger partial charge in [0.25, 0.3) is 0 Å². The molecule has 0 radical (unpaired) electrons. The number of aryl methyl sites for hydroxylation is 2. The summed E-state index contributed by atoms with van der Waals surface area (Å²) in [6.45, 7) is 6.70. The number of hydrogen-bond acceptors (Lipinski definition) is 2. The minimum Gasteiger partial charge on any atom is -0.356 e. The molecule has 19 heavy (non-hydrogen) atoms. The van der Waals surface area contributed by atoms with Crippen molar-refractivity contribution in [3.05, 3.63) is 29.3 Å². The van der Waals surface area contributed by atoms with E-state index in [9.17, 15) is 4.79 Å². The van der Waals surface area contributed by atoms with E-state index in [0.29, 0.717) is 12.5 Å². The zero-order valence-electron chi connectivity index (χ0n) is 12.0. The Kier molecular flexibility index (Phi) is 5.85. The number of rotatable bonds is 3. The molecule has 2 amide bonds. The van der Waals surface area contributed by atoms with Crippen molar-refractivity contribution in [2.75, 3.05) is 18.9 Å². The Labute approximate surface area is 114 Å². The van der Waals surface area contributed by atoms with E-state index in [1.807, 2.05) is 32.0 Å². The first-order chi connectivity index (χ1) is 9.12. The number of urea groups is 1. The Hall–Kier alpha value is -2.04. The van der Waals surface area contributed by atoms with E-state index < -0.39 is 0 Å². The first kappa shape index (κ1) is 15.0. The predicted molar refractivity (Wildman–Crippen MR) is 79.7 cm³/mol. The molecule has 0 saturated carbocycles. The Morgan fingerprint density at radius 2 is 2.05 bits per heavy atom. The van der Waals surface area contributed by atoms with Gasteiger partial charge in [-0.2, -0.15) is 0 Å². The smallest absolute Gasteiger partial charge is 0.326 e. The van der Waals surface area contributed by atoms with Crippen molar-refractivity contribution in [1.29, 1.82) is 0 Å². The molecule has 0 aliphatic rings. The first-order valence-electron chi connectivity index (χ1n) is 6.49. The van der Waals surface area contributed by atoms with Crippen molar-refractivity contribution in [1.82, 2.24) is 10.6 Å². The summed E-state index contributed by atoms with van der Waals surface area (Å²) in [7, 11) is 1.63. The number of anilines is 1. The van der Waals surface area contributed by atoms with Crippen molar-refractivity contribution in [2.24, 2.45) is 4.99 Å². The maximum Gasteiger partial charge on any atom is 0.326 e. The summed E-state index contributed by atoms with van der Waals surface area (Å²) in [5.41, 5.74) is 3.04. The van der Waals surface area contributed by atoms with E-state index in [1.165, 1.54) is 0 Å². The number of amides is 2. The van der Waals surface area contributed by atoms with Gasteiger partial charge < -0.3 is 10.6 Å². The van der Waals surface area contributed by atoms with E-state index in [0.717, 1.165) is 23.2 Å². The normalized spacial score (nSPS) is 11.1. The van der Waals surface area contributed by atoms with Crippen LogP contribution in [-0.2, 0) is 6.42 Å². The Morgan fingerprint density at radius 1 is 1.32 bits per heavy atom. The molecule has 0 fully saturated rings. The average Bonchev–Trinajstić information content (AvgIpc) is 2.40. The van der Waals surface area contributed by atoms with Crippen LogP contribution in [0.25, 0.3) is 0 Å². The van der Waals surface area contributed by atoms with Gasteiger partial charge in [-0.15, -0.1) is 0 Å². The zero-order chi connectivity index (χ0) is 14.3. The number of nitrogens with zero attached hydrogens (tertiary/aromatic N) is 1. The number of para-hydroxylation sites is 1. The van der Waals surface area contributed by atoms with Gasteiger partial charge >= 0.3 is 6.03 Å². The molecule has 0 unspecified atom stereocenters. The van der Waals surface area contributed by atoms with Gasteiger partial charge in [0.1, 0.15) is 0 Å². The van der Waals surface area contributed by atoms with Gasteiger partial charge in [-0.3, -0.25) is 10.3 Å². The van der Waals surface area contributed by atoms with Crippen LogP contribution in [0.5, 0.6) is 0 Å². The third-order valence-electron chi connectivity index (χ3n) is 2.78. The molecule has 0 heterocycles. The molecular weight excluding hydrogens is 240 g/mol. The molecule has 0 aliphatic carbocycles. The minimum atomic E-state index is -0.287. The monoisotopic (exact) mass is 262 g/mol. The lowest BCUT2D eigenvalue weighted by atomic mass is 10.1. The lowest BCUT2D eigenvalue weighted by Crippen LogP contribution is -2.43. The molecular formula is C14H22N4O. The molecule has 3 N–H and O–H groups in total. The van der Waals surface area contributed by atoms with Crippen molar-refractivity contribution < 1.29 is 4.79 Å². The van der Waals surface area contributed by atoms with Crippen LogP contribution in [0.15, 0.2) is 23.2 Å². The van der Waals surface area contributed by atoms with Crippen LogP contribution in [0.3, 0.4) is 0 Å². The van der Waals surface area contributed by atoms with Gasteiger partial charge in [0.05, 0.1) is 0 Å². The third-order valence-corrected chi connectivity index (χ3v) is 2.78. The fraction of sp³-hybridized carbons (Fsp3) is 0.429. The summed E-state index contributed by atoms with van der Waals surface area (Å²) in [5, 5.41) is 8.54. The van der Waals surface area contributed by atoms with Gasteiger partial charge in [0.15, 0.2) is 5.96 Å². The zero-order valence-corrected chi connectivity index (χ0v) is 12.0. The minimum absolute atomic E-state index is 0.287. The molecule has 1 rings (SSSR count). The molecule has 0 atom stereocenters. The molecule has 104 valence electrons. The Balaban J connectivity index is 2.77. The van der Waals surface area contributed by atoms with E-state index in [2.05, 4.69) is 27.9 Å². The molecule has 0 aliphatic heterocycles. The van der Waals surface area contributed by atoms with Crippen molar-refractivity contribution in [3.8, 4) is 0 Å². The summed E-state index contributed by atoms with van der Waals surface area (Å²) in [6.07, 6.45) is 0.874. The molecule has 0 spiro atoms. The number of carbonyl (C=O) groups is 1. The molecule has 0 saturated heterocycles. The molecule has 1 aromatic rings. The topological polar surface area (TPSA) is 65.5 Å². The molecule has 0 bridgehead atoms. The molecule has 5 nitrogen and oxygen atoms in total. The van der Waals surface area contributed by atoms with E-state index in [-0.39, 0.29) is 6.03 Å². The lowest BCUT2D eigenvalue weighted by Gasteiger charge is -2.14. The number of guanidine groups is 1. The summed E-state index contributed by atoms with van der Waals surface area (Å²) in [6, 6.07) is 5.70. The van der Waals surface area contributed by atoms with E-state index in [4.69, 9.17) is 0 Å². The largest absolute Gasteiger partial charge is 0.356 e. The fourth-order valence-corrected chi connectivity index (χ4v) is 1.80. The number of carbonyl (C=O) groups excluding carboxylic acids is 1. The van der Waals surface area contributed by atoms with E-state index >= 15 is 0 Å². The van der Waals surface area contributed by atoms with Crippen LogP contribution in [-0.4, -0.2) is 25.6 Å². The maximum absolute atomic E-state index is 11.9. The van der Waals surface area contributed by atoms with Gasteiger partial charge in [-0.25, -0.2) is 4.79 Å². The van der Waals surface area contributed by atoms with Crippen molar-refractivity contribution in [2.45, 2.75) is 27.2 Å². The Bertz CT molecular complexity index is 469. The fourth-order valence-electron chi connectivity index (χ4n) is 1.80. The summed E-state index contributed by atoms with van der Waals surface area (Å²) < 4.78 is 0. The molecule has 5 heteroatoms. The summed E-state index contributed by atoms with van der Waals surface area (Å²) in [4.78, 5) is 15.9. The van der Waals surface area contributed by atoms with Crippen LogP contribution >= 0.6 is 0 Å². The number of hydrogen-bond donors (Lipinski definition) is 3. The Morgan fingerprint density at radius 3 is 2.63 bits per heavy atom. The van der Waals surface area contributed by atoms with Gasteiger partial charge in [0, 0.05) is 19.3 Å². The highest BCUT2D eigenvalue weighted by Crippen LogP contribution is 2.20. The highest BCUT2D eigenvalue weighted by molar-refractivity contribution is 6.02. The van der Waals surface area contributed by atoms with Crippen LogP contribution < -0.4 is 16.0 Å². The summed E-state index contributed by atoms with van der Waals surface area (Å²) >= 11 is 0. The SMILES string of the molecule is CCNC(=NC)NC(=O)Nc1c(C)cccc1CC. The van der Waals surface area contributed by atoms with Crippen molar-refractivity contribution in [3.63, 3.8) is 0 Å². The van der Waals surface area contributed by atoms with Crippen LogP contribution in [0.1, 0.15) is 25.0 Å². The van der Waals surface area contributed by atoms with Crippen LogP contribution in [0.2, 0.25) is 0 Å². The second-order valence-corrected chi connectivity index (χ2v) is 4.14. The van der Waals surface area contributed by atoms with Gasteiger partial charge in [-0.05, 0) is 31.4 Å². The standard InChI is InChI=1S/C14H22N4O/c1-5-11-9-7-8-10(3)12(11)17-14(19)18-13(15-4)16-6-2/h7-9H,5-6H2,1-4H3,(H3,15,16,17,18,19). The molecule has 0 aromatic heterocycles. The number of nitrogens with one attached hydrogen (secondary N) is 3. The molecule has 1 aromatic carbocycles. The highest BCUT2D eigenvalue weighted by atomic mass is 16.2. The second kappa shape index (κ2) is 7.41. The third kappa shape index (κ3) is 4.28. The van der Waals surface area contributed by atoms with E-state index in [1.54, 1.807) is 7.05 Å². The van der Waals surface area contributed by atoms with Crippen LogP contribution in [0.4, 0.5) is 10.5 Å². The number of benzene rings is 1. The van der Waals surface area contributed by atoms with Gasteiger partial charge in [0.2, 0.25) is 0 Å². The quantitative estimate of drug-likeness (QED) is 0.578. The van der Waals surface area contributed by atoms with Gasteiger partial charge in [-0.1, -0.05) is 25.1 Å². The summed E-state index contributed by atoms with van der Waals surface area (Å²) in [5.74, 6) is 0.464. The highest BCUT2D eigenvalue weighted by Gasteiger charge is 2.09. The van der Waals surface area contributed by atoms with Crippen molar-refractivity contribution >= 4 is 17.7 Å². The number of aliphatic imine (C=N–C) groups is 1.